The van der Waals surface area contributed by atoms with Gasteiger partial charge in [0.2, 0.25) is 0 Å². The van der Waals surface area contributed by atoms with Gasteiger partial charge in [0.15, 0.2) is 0 Å². The number of benzene rings is 1. The van der Waals surface area contributed by atoms with Gasteiger partial charge < -0.3 is 10.1 Å². The van der Waals surface area contributed by atoms with Crippen LogP contribution in [0.2, 0.25) is 0 Å². The molecule has 1 aromatic rings. The molecule has 1 aromatic carbocycles. The van der Waals surface area contributed by atoms with Gasteiger partial charge in [-0.05, 0) is 50.4 Å². The third-order valence-electron chi connectivity index (χ3n) is 4.02. The Kier molecular flexibility index (Phi) is 9.16. The maximum Gasteiger partial charge on any atom is 0.119 e. The van der Waals surface area contributed by atoms with Crippen molar-refractivity contribution in [2.24, 2.45) is 0 Å². The molecule has 1 N–H and O–H groups in total. The molecule has 21 heavy (non-hydrogen) atoms. The Hall–Kier alpha value is -1.02. The van der Waals surface area contributed by atoms with Crippen LogP contribution in [0.3, 0.4) is 0 Å². The number of nitrogens with one attached hydrogen (secondary N) is 1. The molecular formula is C19H33NO. The second-order valence-electron chi connectivity index (χ2n) is 5.88. The van der Waals surface area contributed by atoms with E-state index in [2.05, 4.69) is 57.3 Å². The van der Waals surface area contributed by atoms with E-state index in [1.54, 1.807) is 0 Å². The van der Waals surface area contributed by atoms with Gasteiger partial charge in [-0.25, -0.2) is 0 Å². The summed E-state index contributed by atoms with van der Waals surface area (Å²) in [6.07, 6.45) is 7.71. The van der Waals surface area contributed by atoms with Gasteiger partial charge in [-0.2, -0.15) is 0 Å². The number of hydrogen-bond acceptors (Lipinski definition) is 2. The highest BCUT2D eigenvalue weighted by atomic mass is 16.5. The normalized spacial score (nSPS) is 13.9. The standard InChI is InChI=1S/C19H33NO/c1-5-8-9-10-15-20-19(7-3)17-11-13-18(14-12-17)21-16(4)6-2/h11-14,16,19-20H,5-10,15H2,1-4H3. The van der Waals surface area contributed by atoms with E-state index in [0.717, 1.165) is 25.1 Å². The zero-order valence-electron chi connectivity index (χ0n) is 14.3. The van der Waals surface area contributed by atoms with Crippen LogP contribution in [0.4, 0.5) is 0 Å². The molecule has 0 aliphatic rings. The molecule has 0 bridgehead atoms. The summed E-state index contributed by atoms with van der Waals surface area (Å²) in [6.45, 7) is 9.87. The van der Waals surface area contributed by atoms with Gasteiger partial charge in [0, 0.05) is 6.04 Å². The first-order chi connectivity index (χ1) is 10.2. The average molecular weight is 291 g/mol. The van der Waals surface area contributed by atoms with Crippen molar-refractivity contribution in [3.63, 3.8) is 0 Å². The minimum atomic E-state index is 0.287. The molecule has 0 saturated carbocycles. The molecule has 2 atom stereocenters. The Balaban J connectivity index is 2.45. The molecular weight excluding hydrogens is 258 g/mol. The molecule has 2 nitrogen and oxygen atoms in total. The minimum Gasteiger partial charge on any atom is -0.491 e. The lowest BCUT2D eigenvalue weighted by Crippen LogP contribution is -2.21. The second-order valence-corrected chi connectivity index (χ2v) is 5.88. The first-order valence-corrected chi connectivity index (χ1v) is 8.71. The Morgan fingerprint density at radius 2 is 1.67 bits per heavy atom. The van der Waals surface area contributed by atoms with Gasteiger partial charge in [-0.3, -0.25) is 0 Å². The first kappa shape index (κ1) is 18.0. The second kappa shape index (κ2) is 10.7. The predicted octanol–water partition coefficient (Wildman–Crippen LogP) is 5.48. The van der Waals surface area contributed by atoms with Crippen LogP contribution in [0.25, 0.3) is 0 Å². The zero-order valence-corrected chi connectivity index (χ0v) is 14.3. The molecule has 120 valence electrons. The molecule has 0 aromatic heterocycles. The van der Waals surface area contributed by atoms with Crippen molar-refractivity contribution in [2.75, 3.05) is 6.54 Å². The quantitative estimate of drug-likeness (QED) is 0.545. The Bertz CT molecular complexity index is 360. The number of unbranched alkanes of at least 4 members (excludes halogenated alkanes) is 3. The van der Waals surface area contributed by atoms with Gasteiger partial charge >= 0.3 is 0 Å². The van der Waals surface area contributed by atoms with Crippen molar-refractivity contribution < 1.29 is 4.74 Å². The monoisotopic (exact) mass is 291 g/mol. The van der Waals surface area contributed by atoms with E-state index in [-0.39, 0.29) is 6.10 Å². The fourth-order valence-corrected chi connectivity index (χ4v) is 2.42. The SMILES string of the molecule is CCCCCCNC(CC)c1ccc(OC(C)CC)cc1. The first-order valence-electron chi connectivity index (χ1n) is 8.71. The summed E-state index contributed by atoms with van der Waals surface area (Å²) in [5.74, 6) is 0.978. The number of hydrogen-bond donors (Lipinski definition) is 1. The highest BCUT2D eigenvalue weighted by Crippen LogP contribution is 2.21. The van der Waals surface area contributed by atoms with Gasteiger partial charge in [0.1, 0.15) is 5.75 Å². The lowest BCUT2D eigenvalue weighted by molar-refractivity contribution is 0.217. The van der Waals surface area contributed by atoms with E-state index in [9.17, 15) is 0 Å². The zero-order chi connectivity index (χ0) is 15.5. The molecule has 1 rings (SSSR count). The van der Waals surface area contributed by atoms with E-state index >= 15 is 0 Å². The third kappa shape index (κ3) is 6.99. The maximum atomic E-state index is 5.84. The molecule has 0 spiro atoms. The lowest BCUT2D eigenvalue weighted by Gasteiger charge is -2.18. The fourth-order valence-electron chi connectivity index (χ4n) is 2.42. The van der Waals surface area contributed by atoms with Crippen molar-refractivity contribution >= 4 is 0 Å². The topological polar surface area (TPSA) is 21.3 Å². The van der Waals surface area contributed by atoms with E-state index in [0.29, 0.717) is 6.04 Å². The van der Waals surface area contributed by atoms with Crippen LogP contribution >= 0.6 is 0 Å². The highest BCUT2D eigenvalue weighted by molar-refractivity contribution is 5.29. The highest BCUT2D eigenvalue weighted by Gasteiger charge is 2.09. The van der Waals surface area contributed by atoms with Crippen LogP contribution in [0.1, 0.15) is 77.8 Å². The van der Waals surface area contributed by atoms with Gasteiger partial charge in [0.25, 0.3) is 0 Å². The Morgan fingerprint density at radius 1 is 0.952 bits per heavy atom. The molecule has 0 aliphatic carbocycles. The largest absolute Gasteiger partial charge is 0.491 e. The van der Waals surface area contributed by atoms with Crippen molar-refractivity contribution in [3.8, 4) is 5.75 Å². The molecule has 2 unspecified atom stereocenters. The summed E-state index contributed by atoms with van der Waals surface area (Å²) >= 11 is 0. The predicted molar refractivity (Wildman–Crippen MR) is 92.0 cm³/mol. The number of rotatable bonds is 11. The van der Waals surface area contributed by atoms with Crippen LogP contribution in [0.5, 0.6) is 5.75 Å². The summed E-state index contributed by atoms with van der Waals surface area (Å²) in [6, 6.07) is 9.06. The van der Waals surface area contributed by atoms with Crippen LogP contribution < -0.4 is 10.1 Å². The van der Waals surface area contributed by atoms with Crippen LogP contribution in [-0.2, 0) is 0 Å². The van der Waals surface area contributed by atoms with E-state index in [4.69, 9.17) is 4.74 Å². The summed E-state index contributed by atoms with van der Waals surface area (Å²) in [5.41, 5.74) is 1.37. The smallest absolute Gasteiger partial charge is 0.119 e. The van der Waals surface area contributed by atoms with Gasteiger partial charge in [0.05, 0.1) is 6.10 Å². The number of ether oxygens (including phenoxy) is 1. The Morgan fingerprint density at radius 3 is 2.24 bits per heavy atom. The summed E-state index contributed by atoms with van der Waals surface area (Å²) in [7, 11) is 0. The molecule has 0 saturated heterocycles. The molecule has 0 heterocycles. The van der Waals surface area contributed by atoms with Gasteiger partial charge in [-0.1, -0.05) is 52.2 Å². The molecule has 2 heteroatoms. The fraction of sp³-hybridized carbons (Fsp3) is 0.684. The summed E-state index contributed by atoms with van der Waals surface area (Å²) < 4.78 is 5.84. The van der Waals surface area contributed by atoms with E-state index in [1.807, 2.05) is 0 Å². The molecule has 0 amide bonds. The minimum absolute atomic E-state index is 0.287. The maximum absolute atomic E-state index is 5.84. The van der Waals surface area contributed by atoms with Crippen LogP contribution in [0.15, 0.2) is 24.3 Å². The average Bonchev–Trinajstić information content (AvgIpc) is 2.52. The molecule has 0 aliphatic heterocycles. The molecule has 0 radical (unpaired) electrons. The third-order valence-corrected chi connectivity index (χ3v) is 4.02. The van der Waals surface area contributed by atoms with Crippen LogP contribution in [0, 0.1) is 0 Å². The Labute approximate surface area is 131 Å². The van der Waals surface area contributed by atoms with Crippen LogP contribution in [-0.4, -0.2) is 12.6 Å². The lowest BCUT2D eigenvalue weighted by atomic mass is 10.0. The van der Waals surface area contributed by atoms with Crippen molar-refractivity contribution in [3.05, 3.63) is 29.8 Å². The van der Waals surface area contributed by atoms with Gasteiger partial charge in [-0.15, -0.1) is 0 Å². The summed E-state index contributed by atoms with van der Waals surface area (Å²) in [5, 5.41) is 3.68. The van der Waals surface area contributed by atoms with E-state index in [1.165, 1.54) is 31.2 Å². The van der Waals surface area contributed by atoms with Crippen molar-refractivity contribution in [1.82, 2.24) is 5.32 Å². The molecule has 0 fully saturated rings. The van der Waals surface area contributed by atoms with Crippen molar-refractivity contribution in [1.29, 1.82) is 0 Å². The van der Waals surface area contributed by atoms with E-state index < -0.39 is 0 Å². The van der Waals surface area contributed by atoms with Crippen molar-refractivity contribution in [2.45, 2.75) is 78.4 Å². The summed E-state index contributed by atoms with van der Waals surface area (Å²) in [4.78, 5) is 0.